The van der Waals surface area contributed by atoms with Gasteiger partial charge in [0.25, 0.3) is 0 Å². The fraction of sp³-hybridized carbons (Fsp3) is 0.769. The van der Waals surface area contributed by atoms with Gasteiger partial charge < -0.3 is 10.2 Å². The molecule has 1 heterocycles. The average Bonchev–Trinajstić information content (AvgIpc) is 3.04. The summed E-state index contributed by atoms with van der Waals surface area (Å²) in [6.07, 6.45) is 22.6. The van der Waals surface area contributed by atoms with E-state index in [0.29, 0.717) is 0 Å². The second-order valence-electron chi connectivity index (χ2n) is 8.70. The van der Waals surface area contributed by atoms with Gasteiger partial charge in [-0.25, -0.2) is 0 Å². The first kappa shape index (κ1) is 25.7. The van der Waals surface area contributed by atoms with Gasteiger partial charge in [-0.15, -0.1) is 0 Å². The van der Waals surface area contributed by atoms with E-state index in [0.717, 1.165) is 19.3 Å². The van der Waals surface area contributed by atoms with Gasteiger partial charge in [0, 0.05) is 12.1 Å². The quantitative estimate of drug-likeness (QED) is 0.189. The van der Waals surface area contributed by atoms with E-state index in [-0.39, 0.29) is 17.8 Å². The van der Waals surface area contributed by atoms with Crippen LogP contribution in [0.2, 0.25) is 0 Å². The summed E-state index contributed by atoms with van der Waals surface area (Å²) in [5.74, 6) is 0.332. The number of nitrogens with zero attached hydrogens (tertiary/aromatic N) is 1. The smallest absolute Gasteiger partial charge is 0.194 e. The lowest BCUT2D eigenvalue weighted by Crippen LogP contribution is -2.10. The summed E-state index contributed by atoms with van der Waals surface area (Å²) in [7, 11) is 0. The predicted octanol–water partition coefficient (Wildman–Crippen LogP) is 8.67. The minimum Gasteiger partial charge on any atom is -0.494 e. The normalized spacial score (nSPS) is 13.1. The zero-order chi connectivity index (χ0) is 21.3. The Hall–Kier alpha value is -1.38. The Bertz CT molecular complexity index is 527. The molecule has 3 nitrogen and oxygen atoms in total. The summed E-state index contributed by atoms with van der Waals surface area (Å²) < 4.78 is 1.70. The van der Waals surface area contributed by atoms with Crippen LogP contribution in [-0.4, -0.2) is 14.8 Å². The molecule has 0 aromatic carbocycles. The molecular weight excluding hydrogens is 358 g/mol. The van der Waals surface area contributed by atoms with Crippen molar-refractivity contribution in [2.75, 3.05) is 0 Å². The number of hydrogen-bond donors (Lipinski definition) is 2. The van der Waals surface area contributed by atoms with Crippen molar-refractivity contribution >= 4 is 0 Å². The third-order valence-corrected chi connectivity index (χ3v) is 6.07. The molecule has 29 heavy (non-hydrogen) atoms. The molecule has 0 aliphatic heterocycles. The third kappa shape index (κ3) is 10.8. The maximum atomic E-state index is 10.2. The highest BCUT2D eigenvalue weighted by atomic mass is 16.3. The molecule has 1 unspecified atom stereocenters. The first-order valence-electron chi connectivity index (χ1n) is 12.4. The summed E-state index contributed by atoms with van der Waals surface area (Å²) in [6.45, 7) is 6.67. The van der Waals surface area contributed by atoms with Gasteiger partial charge in [0.1, 0.15) is 0 Å². The monoisotopic (exact) mass is 405 g/mol. The molecule has 0 saturated heterocycles. The molecule has 2 N–H and O–H groups in total. The van der Waals surface area contributed by atoms with Gasteiger partial charge in [0.05, 0.1) is 6.04 Å². The fourth-order valence-electron chi connectivity index (χ4n) is 4.17. The van der Waals surface area contributed by atoms with Crippen LogP contribution in [0.15, 0.2) is 23.8 Å². The molecule has 0 spiro atoms. The Morgan fingerprint density at radius 1 is 0.759 bits per heavy atom. The first-order chi connectivity index (χ1) is 14.1. The van der Waals surface area contributed by atoms with Gasteiger partial charge in [-0.05, 0) is 26.2 Å². The lowest BCUT2D eigenvalue weighted by Gasteiger charge is -2.22. The number of allylic oxidation sites excluding steroid dienone is 2. The summed E-state index contributed by atoms with van der Waals surface area (Å²) in [5, 5.41) is 20.5. The first-order valence-corrected chi connectivity index (χ1v) is 12.4. The maximum Gasteiger partial charge on any atom is 0.194 e. The van der Waals surface area contributed by atoms with Crippen molar-refractivity contribution in [2.45, 2.75) is 130 Å². The SMILES string of the molecule is CCCCCCCCC=C(C)C(CCCCCCCCCC)n1c(O)ccc1O. The van der Waals surface area contributed by atoms with E-state index >= 15 is 0 Å². The van der Waals surface area contributed by atoms with Crippen LogP contribution in [0.3, 0.4) is 0 Å². The minimum atomic E-state index is 0.0604. The molecule has 168 valence electrons. The van der Waals surface area contributed by atoms with Crippen LogP contribution in [0.4, 0.5) is 0 Å². The Morgan fingerprint density at radius 2 is 1.21 bits per heavy atom. The van der Waals surface area contributed by atoms with Gasteiger partial charge in [-0.1, -0.05) is 109 Å². The second kappa shape index (κ2) is 16.4. The summed E-state index contributed by atoms with van der Waals surface area (Å²) in [5.41, 5.74) is 1.27. The van der Waals surface area contributed by atoms with Crippen molar-refractivity contribution in [3.63, 3.8) is 0 Å². The molecule has 0 aliphatic rings. The Balaban J connectivity index is 2.49. The molecule has 0 amide bonds. The van der Waals surface area contributed by atoms with E-state index in [1.807, 2.05) is 0 Å². The van der Waals surface area contributed by atoms with Gasteiger partial charge in [-0.2, -0.15) is 0 Å². The topological polar surface area (TPSA) is 45.4 Å². The second-order valence-corrected chi connectivity index (χ2v) is 8.70. The minimum absolute atomic E-state index is 0.0604. The molecule has 1 rings (SSSR count). The highest BCUT2D eigenvalue weighted by Crippen LogP contribution is 2.34. The third-order valence-electron chi connectivity index (χ3n) is 6.07. The number of aromatic nitrogens is 1. The summed E-state index contributed by atoms with van der Waals surface area (Å²) in [6, 6.07) is 3.25. The lowest BCUT2D eigenvalue weighted by molar-refractivity contribution is 0.336. The van der Waals surface area contributed by atoms with Crippen molar-refractivity contribution in [2.24, 2.45) is 0 Å². The highest BCUT2D eigenvalue weighted by molar-refractivity contribution is 5.28. The van der Waals surface area contributed by atoms with Crippen molar-refractivity contribution in [3.8, 4) is 11.8 Å². The Morgan fingerprint density at radius 3 is 1.72 bits per heavy atom. The molecule has 0 fully saturated rings. The van der Waals surface area contributed by atoms with E-state index in [9.17, 15) is 10.2 Å². The lowest BCUT2D eigenvalue weighted by atomic mass is 9.98. The zero-order valence-corrected chi connectivity index (χ0v) is 19.5. The van der Waals surface area contributed by atoms with Crippen molar-refractivity contribution < 1.29 is 10.2 Å². The number of aromatic hydroxyl groups is 2. The van der Waals surface area contributed by atoms with Gasteiger partial charge in [0.15, 0.2) is 11.8 Å². The standard InChI is InChI=1S/C26H47NO2/c1-4-6-8-10-12-14-16-18-20-24(27-25(28)21-22-26(27)29)23(3)19-17-15-13-11-9-7-5-2/h19,21-22,24,28-29H,4-18,20H2,1-3H3. The summed E-state index contributed by atoms with van der Waals surface area (Å²) >= 11 is 0. The van der Waals surface area contributed by atoms with Gasteiger partial charge >= 0.3 is 0 Å². The molecule has 0 radical (unpaired) electrons. The number of hydrogen-bond acceptors (Lipinski definition) is 2. The van der Waals surface area contributed by atoms with Crippen molar-refractivity contribution in [1.29, 1.82) is 0 Å². The molecule has 1 aromatic rings. The van der Waals surface area contributed by atoms with Crippen LogP contribution >= 0.6 is 0 Å². The van der Waals surface area contributed by atoms with E-state index in [1.54, 1.807) is 16.7 Å². The number of rotatable bonds is 18. The van der Waals surface area contributed by atoms with Crippen LogP contribution in [-0.2, 0) is 0 Å². The molecule has 0 bridgehead atoms. The van der Waals surface area contributed by atoms with Gasteiger partial charge in [-0.3, -0.25) is 4.57 Å². The van der Waals surface area contributed by atoms with E-state index in [2.05, 4.69) is 26.8 Å². The zero-order valence-electron chi connectivity index (χ0n) is 19.5. The molecular formula is C26H47NO2. The molecule has 0 saturated carbocycles. The van der Waals surface area contributed by atoms with E-state index < -0.39 is 0 Å². The van der Waals surface area contributed by atoms with Crippen LogP contribution in [0.1, 0.15) is 130 Å². The highest BCUT2D eigenvalue weighted by Gasteiger charge is 2.19. The van der Waals surface area contributed by atoms with Crippen LogP contribution in [0.5, 0.6) is 11.8 Å². The summed E-state index contributed by atoms with van der Waals surface area (Å²) in [4.78, 5) is 0. The fourth-order valence-corrected chi connectivity index (χ4v) is 4.17. The number of unbranched alkanes of at least 4 members (excludes halogenated alkanes) is 13. The van der Waals surface area contributed by atoms with Crippen molar-refractivity contribution in [1.82, 2.24) is 4.57 Å². The van der Waals surface area contributed by atoms with Crippen LogP contribution in [0, 0.1) is 0 Å². The van der Waals surface area contributed by atoms with Gasteiger partial charge in [0.2, 0.25) is 0 Å². The van der Waals surface area contributed by atoms with E-state index in [1.165, 1.54) is 89.0 Å². The molecule has 1 aromatic heterocycles. The van der Waals surface area contributed by atoms with Crippen molar-refractivity contribution in [3.05, 3.63) is 23.8 Å². The Labute approximate surface area is 180 Å². The van der Waals surface area contributed by atoms with E-state index in [4.69, 9.17) is 0 Å². The largest absolute Gasteiger partial charge is 0.494 e. The predicted molar refractivity (Wildman–Crippen MR) is 126 cm³/mol. The molecule has 1 atom stereocenters. The maximum absolute atomic E-state index is 10.2. The molecule has 0 aliphatic carbocycles. The average molecular weight is 406 g/mol. The van der Waals surface area contributed by atoms with Crippen LogP contribution < -0.4 is 0 Å². The molecule has 3 heteroatoms. The Kier molecular flexibility index (Phi) is 14.5. The van der Waals surface area contributed by atoms with Crippen LogP contribution in [0.25, 0.3) is 0 Å².